The number of amides is 1. The van der Waals surface area contributed by atoms with E-state index in [4.69, 9.17) is 0 Å². The van der Waals surface area contributed by atoms with Crippen LogP contribution >= 0.6 is 0 Å². The van der Waals surface area contributed by atoms with E-state index < -0.39 is 0 Å². The first kappa shape index (κ1) is 14.7. The van der Waals surface area contributed by atoms with E-state index in [-0.39, 0.29) is 5.91 Å². The number of carbonyl (C=O) groups excluding carboxylic acids is 1. The van der Waals surface area contributed by atoms with Gasteiger partial charge in [-0.3, -0.25) is 9.89 Å². The fourth-order valence-corrected chi connectivity index (χ4v) is 2.95. The number of rotatable bonds is 4. The van der Waals surface area contributed by atoms with Gasteiger partial charge in [-0.2, -0.15) is 10.2 Å². The number of hydrogen-bond donors (Lipinski definition) is 2. The van der Waals surface area contributed by atoms with E-state index in [2.05, 4.69) is 20.6 Å². The number of hydrogen-bond acceptors (Lipinski definition) is 3. The number of carbonyl (C=O) groups is 1. The van der Waals surface area contributed by atoms with Crippen molar-refractivity contribution in [2.45, 2.75) is 32.6 Å². The molecule has 6 heteroatoms. The van der Waals surface area contributed by atoms with Crippen molar-refractivity contribution in [2.75, 3.05) is 5.32 Å². The van der Waals surface area contributed by atoms with Crippen molar-refractivity contribution in [3.05, 3.63) is 59.0 Å². The molecule has 1 fully saturated rings. The Morgan fingerprint density at radius 2 is 2.17 bits per heavy atom. The number of benzene rings is 1. The third-order valence-electron chi connectivity index (χ3n) is 4.48. The van der Waals surface area contributed by atoms with Crippen molar-refractivity contribution in [2.24, 2.45) is 0 Å². The predicted octanol–water partition coefficient (Wildman–Crippen LogP) is 3.34. The lowest BCUT2D eigenvalue weighted by molar-refractivity contribution is 0.102. The zero-order valence-electron chi connectivity index (χ0n) is 13.7. The lowest BCUT2D eigenvalue weighted by atomic mass is 10.1. The monoisotopic (exact) mass is 321 g/mol. The SMILES string of the molecule is Cc1cc(C(=O)Nc2n[nH]c(C3CC3)c2C)ccc1-n1cccn1. The average molecular weight is 321 g/mol. The van der Waals surface area contributed by atoms with Crippen LogP contribution in [0.2, 0.25) is 0 Å². The molecule has 0 spiro atoms. The Balaban J connectivity index is 1.55. The van der Waals surface area contributed by atoms with Crippen molar-refractivity contribution in [1.82, 2.24) is 20.0 Å². The van der Waals surface area contributed by atoms with Crippen LogP contribution in [0.4, 0.5) is 5.82 Å². The second kappa shape index (κ2) is 5.63. The molecule has 1 aromatic carbocycles. The van der Waals surface area contributed by atoms with Gasteiger partial charge in [0.1, 0.15) is 0 Å². The molecule has 6 nitrogen and oxygen atoms in total. The molecule has 0 radical (unpaired) electrons. The average Bonchev–Trinajstić information content (AvgIpc) is 3.14. The molecule has 2 aromatic heterocycles. The zero-order valence-corrected chi connectivity index (χ0v) is 13.7. The molecule has 4 rings (SSSR count). The smallest absolute Gasteiger partial charge is 0.256 e. The van der Waals surface area contributed by atoms with Crippen molar-refractivity contribution in [3.63, 3.8) is 0 Å². The Morgan fingerprint density at radius 1 is 1.33 bits per heavy atom. The Hall–Kier alpha value is -2.89. The summed E-state index contributed by atoms with van der Waals surface area (Å²) in [5, 5.41) is 14.4. The highest BCUT2D eigenvalue weighted by atomic mass is 16.1. The van der Waals surface area contributed by atoms with Crippen molar-refractivity contribution < 1.29 is 4.79 Å². The molecule has 0 aliphatic heterocycles. The van der Waals surface area contributed by atoms with Crippen LogP contribution in [-0.2, 0) is 0 Å². The van der Waals surface area contributed by atoms with Crippen LogP contribution in [0.3, 0.4) is 0 Å². The van der Waals surface area contributed by atoms with E-state index >= 15 is 0 Å². The molecule has 0 atom stereocenters. The van der Waals surface area contributed by atoms with E-state index in [0.717, 1.165) is 22.5 Å². The highest BCUT2D eigenvalue weighted by Gasteiger charge is 2.28. The molecule has 0 unspecified atom stereocenters. The van der Waals surface area contributed by atoms with Gasteiger partial charge in [0.15, 0.2) is 5.82 Å². The molecular weight excluding hydrogens is 302 g/mol. The Kier molecular flexibility index (Phi) is 3.45. The van der Waals surface area contributed by atoms with Gasteiger partial charge < -0.3 is 5.32 Å². The first-order chi connectivity index (χ1) is 11.6. The highest BCUT2D eigenvalue weighted by molar-refractivity contribution is 6.04. The van der Waals surface area contributed by atoms with Crippen molar-refractivity contribution >= 4 is 11.7 Å². The fourth-order valence-electron chi connectivity index (χ4n) is 2.95. The van der Waals surface area contributed by atoms with E-state index in [1.807, 2.05) is 44.3 Å². The summed E-state index contributed by atoms with van der Waals surface area (Å²) in [4.78, 5) is 12.5. The van der Waals surface area contributed by atoms with Crippen LogP contribution < -0.4 is 5.32 Å². The maximum absolute atomic E-state index is 12.5. The van der Waals surface area contributed by atoms with Gasteiger partial charge in [-0.05, 0) is 56.5 Å². The second-order valence-corrected chi connectivity index (χ2v) is 6.29. The molecule has 24 heavy (non-hydrogen) atoms. The summed E-state index contributed by atoms with van der Waals surface area (Å²) < 4.78 is 1.79. The summed E-state index contributed by atoms with van der Waals surface area (Å²) in [5.74, 6) is 1.05. The first-order valence-corrected chi connectivity index (χ1v) is 8.10. The highest BCUT2D eigenvalue weighted by Crippen LogP contribution is 2.41. The molecule has 0 saturated heterocycles. The molecule has 1 aliphatic rings. The third-order valence-corrected chi connectivity index (χ3v) is 4.48. The standard InChI is InChI=1S/C18H19N5O/c1-11-10-14(6-7-15(11)23-9-3-8-19-23)18(24)20-17-12(2)16(21-22-17)13-4-5-13/h3,6-10,13H,4-5H2,1-2H3,(H2,20,21,22,24). The van der Waals surface area contributed by atoms with Gasteiger partial charge >= 0.3 is 0 Å². The van der Waals surface area contributed by atoms with E-state index in [9.17, 15) is 4.79 Å². The molecule has 1 saturated carbocycles. The summed E-state index contributed by atoms with van der Waals surface area (Å²) in [6.45, 7) is 3.97. The number of aryl methyl sites for hydroxylation is 1. The number of H-pyrrole nitrogens is 1. The number of nitrogens with one attached hydrogen (secondary N) is 2. The van der Waals surface area contributed by atoms with Crippen molar-refractivity contribution in [1.29, 1.82) is 0 Å². The van der Waals surface area contributed by atoms with Gasteiger partial charge in [-0.15, -0.1) is 0 Å². The molecule has 1 amide bonds. The van der Waals surface area contributed by atoms with Gasteiger partial charge in [0.05, 0.1) is 5.69 Å². The number of aromatic nitrogens is 4. The topological polar surface area (TPSA) is 75.6 Å². The molecule has 122 valence electrons. The summed E-state index contributed by atoms with van der Waals surface area (Å²) >= 11 is 0. The van der Waals surface area contributed by atoms with Gasteiger partial charge in [0.25, 0.3) is 5.91 Å². The van der Waals surface area contributed by atoms with Crippen LogP contribution in [0.15, 0.2) is 36.7 Å². The molecule has 3 aromatic rings. The Bertz CT molecular complexity index is 890. The minimum Gasteiger partial charge on any atom is -0.305 e. The largest absolute Gasteiger partial charge is 0.305 e. The van der Waals surface area contributed by atoms with E-state index in [1.54, 1.807) is 10.9 Å². The van der Waals surface area contributed by atoms with Crippen LogP contribution in [0.25, 0.3) is 5.69 Å². The Morgan fingerprint density at radius 3 is 2.83 bits per heavy atom. The van der Waals surface area contributed by atoms with Crippen LogP contribution in [0.1, 0.15) is 45.9 Å². The van der Waals surface area contributed by atoms with Gasteiger partial charge in [0, 0.05) is 35.1 Å². The van der Waals surface area contributed by atoms with E-state index in [0.29, 0.717) is 17.3 Å². The lowest BCUT2D eigenvalue weighted by Gasteiger charge is -2.09. The second-order valence-electron chi connectivity index (χ2n) is 6.29. The zero-order chi connectivity index (χ0) is 16.7. The number of nitrogens with zero attached hydrogens (tertiary/aromatic N) is 3. The van der Waals surface area contributed by atoms with Crippen LogP contribution in [0, 0.1) is 13.8 Å². The van der Waals surface area contributed by atoms with Crippen LogP contribution in [0.5, 0.6) is 0 Å². The molecule has 2 N–H and O–H groups in total. The number of aromatic amines is 1. The third kappa shape index (κ3) is 2.60. The van der Waals surface area contributed by atoms with Gasteiger partial charge in [0.2, 0.25) is 0 Å². The quantitative estimate of drug-likeness (QED) is 0.774. The first-order valence-electron chi connectivity index (χ1n) is 8.10. The molecule has 1 aliphatic carbocycles. The summed E-state index contributed by atoms with van der Waals surface area (Å²) in [6.07, 6.45) is 6.02. The van der Waals surface area contributed by atoms with Gasteiger partial charge in [-0.1, -0.05) is 0 Å². The normalized spacial score (nSPS) is 13.9. The lowest BCUT2D eigenvalue weighted by Crippen LogP contribution is -2.13. The van der Waals surface area contributed by atoms with Crippen LogP contribution in [-0.4, -0.2) is 25.9 Å². The maximum Gasteiger partial charge on any atom is 0.256 e. The fraction of sp³-hybridized carbons (Fsp3) is 0.278. The van der Waals surface area contributed by atoms with Crippen molar-refractivity contribution in [3.8, 4) is 5.69 Å². The molecule has 2 heterocycles. The number of anilines is 1. The minimum absolute atomic E-state index is 0.151. The molecule has 0 bridgehead atoms. The summed E-state index contributed by atoms with van der Waals surface area (Å²) in [5.41, 5.74) is 4.75. The Labute approximate surface area is 139 Å². The van der Waals surface area contributed by atoms with Gasteiger partial charge in [-0.25, -0.2) is 4.68 Å². The minimum atomic E-state index is -0.151. The molecular formula is C18H19N5O. The maximum atomic E-state index is 12.5. The summed E-state index contributed by atoms with van der Waals surface area (Å²) in [6, 6.07) is 7.46. The summed E-state index contributed by atoms with van der Waals surface area (Å²) in [7, 11) is 0. The van der Waals surface area contributed by atoms with E-state index in [1.165, 1.54) is 12.8 Å². The predicted molar refractivity (Wildman–Crippen MR) is 91.6 cm³/mol.